The highest BCUT2D eigenvalue weighted by Gasteiger charge is 2.22. The fraction of sp³-hybridized carbons (Fsp3) is 0.909. The highest BCUT2D eigenvalue weighted by Crippen LogP contribution is 2.23. The quantitative estimate of drug-likeness (QED) is 0.797. The molecule has 0 aromatic heterocycles. The predicted octanol–water partition coefficient (Wildman–Crippen LogP) is 1.09. The summed E-state index contributed by atoms with van der Waals surface area (Å²) in [5.74, 6) is 3.97. The largest absolute Gasteiger partial charge is 0.355 e. The third kappa shape index (κ3) is 3.86. The molecule has 2 aliphatic rings. The van der Waals surface area contributed by atoms with E-state index in [4.69, 9.17) is 0 Å². The Labute approximate surface area is 106 Å². The molecule has 0 aromatic rings. The number of amides is 1. The molecular formula is C11H20N2OS2. The lowest BCUT2D eigenvalue weighted by molar-refractivity contribution is -0.122. The zero-order valence-corrected chi connectivity index (χ0v) is 11.2. The van der Waals surface area contributed by atoms with Gasteiger partial charge in [0.1, 0.15) is 0 Å². The van der Waals surface area contributed by atoms with Crippen LogP contribution in [0.4, 0.5) is 0 Å². The molecule has 1 amide bonds. The SMILES string of the molecule is O=C1NCCCCC1NCC1CSCCS1. The van der Waals surface area contributed by atoms with Crippen molar-refractivity contribution >= 4 is 29.4 Å². The first-order valence-electron chi connectivity index (χ1n) is 6.07. The van der Waals surface area contributed by atoms with E-state index in [1.54, 1.807) is 0 Å². The standard InChI is InChI=1S/C11H20N2OS2/c14-11-10(3-1-2-4-12-11)13-7-9-8-15-5-6-16-9/h9-10,13H,1-8H2,(H,12,14). The van der Waals surface area contributed by atoms with Crippen LogP contribution in [-0.4, -0.2) is 47.5 Å². The van der Waals surface area contributed by atoms with Crippen molar-refractivity contribution in [3.8, 4) is 0 Å². The van der Waals surface area contributed by atoms with Crippen molar-refractivity contribution in [3.05, 3.63) is 0 Å². The van der Waals surface area contributed by atoms with Crippen molar-refractivity contribution < 1.29 is 4.79 Å². The molecule has 2 aliphatic heterocycles. The molecular weight excluding hydrogens is 240 g/mol. The van der Waals surface area contributed by atoms with Gasteiger partial charge in [0, 0.05) is 35.6 Å². The number of nitrogens with one attached hydrogen (secondary N) is 2. The van der Waals surface area contributed by atoms with Crippen LogP contribution in [0.3, 0.4) is 0 Å². The summed E-state index contributed by atoms with van der Waals surface area (Å²) in [4.78, 5) is 11.7. The van der Waals surface area contributed by atoms with Crippen LogP contribution >= 0.6 is 23.5 Å². The van der Waals surface area contributed by atoms with Crippen LogP contribution in [0.1, 0.15) is 19.3 Å². The summed E-state index contributed by atoms with van der Waals surface area (Å²) in [6.45, 7) is 1.83. The number of carbonyl (C=O) groups is 1. The number of hydrogen-bond acceptors (Lipinski definition) is 4. The highest BCUT2D eigenvalue weighted by molar-refractivity contribution is 8.06. The maximum atomic E-state index is 11.7. The lowest BCUT2D eigenvalue weighted by Crippen LogP contribution is -2.45. The van der Waals surface area contributed by atoms with Crippen molar-refractivity contribution in [2.75, 3.05) is 30.3 Å². The summed E-state index contributed by atoms with van der Waals surface area (Å²) in [6.07, 6.45) is 3.28. The summed E-state index contributed by atoms with van der Waals surface area (Å²) in [6, 6.07) is 0.0510. The smallest absolute Gasteiger partial charge is 0.237 e. The summed E-state index contributed by atoms with van der Waals surface area (Å²) in [5.41, 5.74) is 0. The molecule has 0 aliphatic carbocycles. The Morgan fingerprint density at radius 1 is 1.38 bits per heavy atom. The van der Waals surface area contributed by atoms with Gasteiger partial charge in [0.05, 0.1) is 6.04 Å². The van der Waals surface area contributed by atoms with E-state index >= 15 is 0 Å². The maximum Gasteiger partial charge on any atom is 0.237 e. The number of rotatable bonds is 3. The minimum absolute atomic E-state index is 0.0510. The van der Waals surface area contributed by atoms with Gasteiger partial charge in [0.15, 0.2) is 0 Å². The van der Waals surface area contributed by atoms with Gasteiger partial charge in [-0.05, 0) is 19.3 Å². The van der Waals surface area contributed by atoms with Gasteiger partial charge in [-0.2, -0.15) is 23.5 Å². The fourth-order valence-electron chi connectivity index (χ4n) is 2.06. The van der Waals surface area contributed by atoms with Crippen molar-refractivity contribution in [2.45, 2.75) is 30.6 Å². The van der Waals surface area contributed by atoms with Gasteiger partial charge in [-0.1, -0.05) is 0 Å². The topological polar surface area (TPSA) is 41.1 Å². The normalized spacial score (nSPS) is 31.9. The molecule has 2 rings (SSSR count). The van der Waals surface area contributed by atoms with Crippen LogP contribution < -0.4 is 10.6 Å². The second-order valence-corrected chi connectivity index (χ2v) is 6.87. The van der Waals surface area contributed by atoms with E-state index in [0.717, 1.165) is 32.4 Å². The molecule has 2 heterocycles. The highest BCUT2D eigenvalue weighted by atomic mass is 32.2. The first-order valence-corrected chi connectivity index (χ1v) is 8.27. The summed E-state index contributed by atoms with van der Waals surface area (Å²) < 4.78 is 0. The van der Waals surface area contributed by atoms with E-state index < -0.39 is 0 Å². The van der Waals surface area contributed by atoms with E-state index in [-0.39, 0.29) is 11.9 Å². The molecule has 0 spiro atoms. The van der Waals surface area contributed by atoms with Crippen molar-refractivity contribution in [3.63, 3.8) is 0 Å². The first kappa shape index (κ1) is 12.6. The van der Waals surface area contributed by atoms with Gasteiger partial charge in [0.25, 0.3) is 0 Å². The minimum atomic E-state index is 0.0510. The van der Waals surface area contributed by atoms with Gasteiger partial charge in [-0.15, -0.1) is 0 Å². The van der Waals surface area contributed by atoms with Crippen LogP contribution in [0, 0.1) is 0 Å². The Morgan fingerprint density at radius 3 is 3.12 bits per heavy atom. The monoisotopic (exact) mass is 260 g/mol. The summed E-state index contributed by atoms with van der Waals surface area (Å²) in [7, 11) is 0. The molecule has 0 bridgehead atoms. The van der Waals surface area contributed by atoms with Crippen LogP contribution in [0.5, 0.6) is 0 Å². The molecule has 2 fully saturated rings. The van der Waals surface area contributed by atoms with Crippen LogP contribution in [0.15, 0.2) is 0 Å². The van der Waals surface area contributed by atoms with Crippen LogP contribution in [0.2, 0.25) is 0 Å². The van der Waals surface area contributed by atoms with Crippen LogP contribution in [-0.2, 0) is 4.79 Å². The van der Waals surface area contributed by atoms with Crippen LogP contribution in [0.25, 0.3) is 0 Å². The molecule has 92 valence electrons. The Balaban J connectivity index is 1.72. The molecule has 2 N–H and O–H groups in total. The number of hydrogen-bond donors (Lipinski definition) is 2. The van der Waals surface area contributed by atoms with Crippen molar-refractivity contribution in [1.29, 1.82) is 0 Å². The average Bonchev–Trinajstić information content (AvgIpc) is 2.53. The van der Waals surface area contributed by atoms with E-state index in [2.05, 4.69) is 10.6 Å². The van der Waals surface area contributed by atoms with Gasteiger partial charge in [-0.25, -0.2) is 0 Å². The van der Waals surface area contributed by atoms with E-state index in [0.29, 0.717) is 5.25 Å². The Morgan fingerprint density at radius 2 is 2.31 bits per heavy atom. The van der Waals surface area contributed by atoms with E-state index in [1.165, 1.54) is 17.3 Å². The first-order chi connectivity index (χ1) is 7.86. The zero-order valence-electron chi connectivity index (χ0n) is 9.54. The van der Waals surface area contributed by atoms with Gasteiger partial charge >= 0.3 is 0 Å². The zero-order chi connectivity index (χ0) is 11.2. The molecule has 16 heavy (non-hydrogen) atoms. The molecule has 0 aromatic carbocycles. The second-order valence-electron chi connectivity index (χ2n) is 4.32. The number of thioether (sulfide) groups is 2. The summed E-state index contributed by atoms with van der Waals surface area (Å²) in [5, 5.41) is 7.09. The predicted molar refractivity (Wildman–Crippen MR) is 72.2 cm³/mol. The lowest BCUT2D eigenvalue weighted by Gasteiger charge is -2.23. The lowest BCUT2D eigenvalue weighted by atomic mass is 10.1. The third-order valence-corrected chi connectivity index (χ3v) is 5.86. The van der Waals surface area contributed by atoms with Crippen molar-refractivity contribution in [1.82, 2.24) is 10.6 Å². The molecule has 3 nitrogen and oxygen atoms in total. The van der Waals surface area contributed by atoms with E-state index in [1.807, 2.05) is 23.5 Å². The molecule has 0 radical (unpaired) electrons. The van der Waals surface area contributed by atoms with E-state index in [9.17, 15) is 4.79 Å². The van der Waals surface area contributed by atoms with Gasteiger partial charge < -0.3 is 10.6 Å². The molecule has 2 unspecified atom stereocenters. The average molecular weight is 260 g/mol. The Kier molecular flexibility index (Phi) is 5.32. The molecule has 0 saturated carbocycles. The van der Waals surface area contributed by atoms with Gasteiger partial charge in [0.2, 0.25) is 5.91 Å². The summed E-state index contributed by atoms with van der Waals surface area (Å²) >= 11 is 4.08. The fourth-order valence-corrected chi connectivity index (χ4v) is 4.69. The second kappa shape index (κ2) is 6.77. The maximum absolute atomic E-state index is 11.7. The number of carbonyl (C=O) groups excluding carboxylic acids is 1. The molecule has 5 heteroatoms. The van der Waals surface area contributed by atoms with Crippen molar-refractivity contribution in [2.24, 2.45) is 0 Å². The Bertz CT molecular complexity index is 232. The van der Waals surface area contributed by atoms with Gasteiger partial charge in [-0.3, -0.25) is 4.79 Å². The Hall–Kier alpha value is 0.130. The molecule has 2 atom stereocenters. The molecule has 2 saturated heterocycles. The minimum Gasteiger partial charge on any atom is -0.355 e. The third-order valence-electron chi connectivity index (χ3n) is 3.01.